The topological polar surface area (TPSA) is 94.5 Å². The van der Waals surface area contributed by atoms with Gasteiger partial charge in [0.05, 0.1) is 19.9 Å². The SMILES string of the molecule is CCC(=O)Nc1cc(C(=O)Nc2ccc(OC)c(OC)c2)nn1-c1ccccc1. The summed E-state index contributed by atoms with van der Waals surface area (Å²) in [5.41, 5.74) is 1.42. The van der Waals surface area contributed by atoms with Crippen molar-refractivity contribution < 1.29 is 19.1 Å². The Morgan fingerprint density at radius 3 is 2.34 bits per heavy atom. The number of methoxy groups -OCH3 is 2. The van der Waals surface area contributed by atoms with Crippen molar-refractivity contribution in [1.29, 1.82) is 0 Å². The molecule has 8 nitrogen and oxygen atoms in total. The summed E-state index contributed by atoms with van der Waals surface area (Å²) in [6, 6.07) is 15.9. The second kappa shape index (κ2) is 8.92. The lowest BCUT2D eigenvalue weighted by atomic mass is 10.2. The van der Waals surface area contributed by atoms with E-state index in [1.54, 1.807) is 32.2 Å². The minimum atomic E-state index is -0.418. The van der Waals surface area contributed by atoms with Crippen LogP contribution in [-0.2, 0) is 4.79 Å². The van der Waals surface area contributed by atoms with Crippen LogP contribution in [0.25, 0.3) is 5.69 Å². The zero-order chi connectivity index (χ0) is 20.8. The number of hydrogen-bond donors (Lipinski definition) is 2. The third-order valence-corrected chi connectivity index (χ3v) is 4.17. The number of carbonyl (C=O) groups excluding carboxylic acids is 2. The lowest BCUT2D eigenvalue weighted by Gasteiger charge is -2.10. The molecule has 0 saturated carbocycles. The standard InChI is InChI=1S/C21H22N4O4/c1-4-20(26)23-19-13-16(24-25(19)15-8-6-5-7-9-15)21(27)22-14-10-11-17(28-2)18(12-14)29-3/h5-13H,4H2,1-3H3,(H,22,27)(H,23,26). The van der Waals surface area contributed by atoms with Crippen LogP contribution in [0.5, 0.6) is 11.5 Å². The lowest BCUT2D eigenvalue weighted by molar-refractivity contribution is -0.115. The highest BCUT2D eigenvalue weighted by molar-refractivity contribution is 6.04. The Morgan fingerprint density at radius 2 is 1.69 bits per heavy atom. The Hall–Kier alpha value is -3.81. The first-order chi connectivity index (χ1) is 14.0. The number of carbonyl (C=O) groups is 2. The number of aromatic nitrogens is 2. The first-order valence-corrected chi connectivity index (χ1v) is 9.04. The maximum Gasteiger partial charge on any atom is 0.276 e. The van der Waals surface area contributed by atoms with Gasteiger partial charge < -0.3 is 20.1 Å². The van der Waals surface area contributed by atoms with Crippen molar-refractivity contribution in [3.8, 4) is 17.2 Å². The second-order valence-corrected chi connectivity index (χ2v) is 6.09. The first-order valence-electron chi connectivity index (χ1n) is 9.04. The van der Waals surface area contributed by atoms with Gasteiger partial charge in [0, 0.05) is 24.2 Å². The van der Waals surface area contributed by atoms with E-state index in [9.17, 15) is 9.59 Å². The van der Waals surface area contributed by atoms with Crippen LogP contribution in [0.4, 0.5) is 11.5 Å². The Morgan fingerprint density at radius 1 is 0.966 bits per heavy atom. The highest BCUT2D eigenvalue weighted by Gasteiger charge is 2.17. The molecule has 0 bridgehead atoms. The van der Waals surface area contributed by atoms with Gasteiger partial charge in [-0.15, -0.1) is 0 Å². The van der Waals surface area contributed by atoms with Crippen LogP contribution in [0.15, 0.2) is 54.6 Å². The summed E-state index contributed by atoms with van der Waals surface area (Å²) in [5, 5.41) is 9.93. The largest absolute Gasteiger partial charge is 0.493 e. The van der Waals surface area contributed by atoms with Gasteiger partial charge in [-0.1, -0.05) is 25.1 Å². The van der Waals surface area contributed by atoms with Crippen molar-refractivity contribution in [1.82, 2.24) is 9.78 Å². The van der Waals surface area contributed by atoms with Crippen LogP contribution in [0.2, 0.25) is 0 Å². The average molecular weight is 394 g/mol. The molecule has 0 saturated heterocycles. The molecule has 0 radical (unpaired) electrons. The fourth-order valence-corrected chi connectivity index (χ4v) is 2.69. The van der Waals surface area contributed by atoms with E-state index >= 15 is 0 Å². The maximum atomic E-state index is 12.7. The highest BCUT2D eigenvalue weighted by Crippen LogP contribution is 2.30. The molecule has 8 heteroatoms. The Balaban J connectivity index is 1.90. The van der Waals surface area contributed by atoms with E-state index in [1.807, 2.05) is 30.3 Å². The Labute approximate surface area is 168 Å². The number of benzene rings is 2. The molecule has 2 aromatic carbocycles. The number of nitrogens with zero attached hydrogens (tertiary/aromatic N) is 2. The molecule has 3 rings (SSSR count). The van der Waals surface area contributed by atoms with Crippen LogP contribution in [-0.4, -0.2) is 35.8 Å². The van der Waals surface area contributed by atoms with Crippen molar-refractivity contribution in [3.05, 3.63) is 60.3 Å². The number of anilines is 2. The van der Waals surface area contributed by atoms with Gasteiger partial charge >= 0.3 is 0 Å². The molecule has 150 valence electrons. The number of nitrogens with one attached hydrogen (secondary N) is 2. The average Bonchev–Trinajstić information content (AvgIpc) is 3.18. The normalized spacial score (nSPS) is 10.3. The molecule has 0 atom stereocenters. The summed E-state index contributed by atoms with van der Waals surface area (Å²) >= 11 is 0. The summed E-state index contributed by atoms with van der Waals surface area (Å²) in [4.78, 5) is 24.6. The minimum Gasteiger partial charge on any atom is -0.493 e. The zero-order valence-electron chi connectivity index (χ0n) is 16.4. The molecule has 0 aliphatic heterocycles. The van der Waals surface area contributed by atoms with E-state index in [1.165, 1.54) is 17.9 Å². The Kier molecular flexibility index (Phi) is 6.13. The van der Waals surface area contributed by atoms with Crippen LogP contribution in [0.3, 0.4) is 0 Å². The van der Waals surface area contributed by atoms with Crippen molar-refractivity contribution in [2.75, 3.05) is 24.9 Å². The summed E-state index contributed by atoms with van der Waals surface area (Å²) in [7, 11) is 3.06. The molecule has 1 heterocycles. The first kappa shape index (κ1) is 19.9. The summed E-state index contributed by atoms with van der Waals surface area (Å²) in [5.74, 6) is 0.882. The second-order valence-electron chi connectivity index (χ2n) is 6.09. The van der Waals surface area contributed by atoms with Crippen LogP contribution < -0.4 is 20.1 Å². The van der Waals surface area contributed by atoms with Gasteiger partial charge in [-0.2, -0.15) is 5.10 Å². The molecule has 0 spiro atoms. The zero-order valence-corrected chi connectivity index (χ0v) is 16.4. The number of amides is 2. The highest BCUT2D eigenvalue weighted by atomic mass is 16.5. The molecular weight excluding hydrogens is 372 g/mol. The molecule has 0 fully saturated rings. The van der Waals surface area contributed by atoms with Gasteiger partial charge in [0.15, 0.2) is 17.2 Å². The van der Waals surface area contributed by atoms with E-state index in [-0.39, 0.29) is 11.6 Å². The fourth-order valence-electron chi connectivity index (χ4n) is 2.69. The predicted octanol–water partition coefficient (Wildman–Crippen LogP) is 3.49. The van der Waals surface area contributed by atoms with Gasteiger partial charge in [0.2, 0.25) is 5.91 Å². The quantitative estimate of drug-likeness (QED) is 0.640. The van der Waals surface area contributed by atoms with Crippen molar-refractivity contribution in [3.63, 3.8) is 0 Å². The number of para-hydroxylation sites is 1. The lowest BCUT2D eigenvalue weighted by Crippen LogP contribution is -2.14. The smallest absolute Gasteiger partial charge is 0.276 e. The molecule has 29 heavy (non-hydrogen) atoms. The van der Waals surface area contributed by atoms with E-state index in [0.29, 0.717) is 29.4 Å². The number of rotatable bonds is 7. The van der Waals surface area contributed by atoms with Crippen molar-refractivity contribution in [2.24, 2.45) is 0 Å². The fraction of sp³-hybridized carbons (Fsp3) is 0.190. The Bertz CT molecular complexity index is 1010. The molecule has 2 amide bonds. The third-order valence-electron chi connectivity index (χ3n) is 4.17. The van der Waals surface area contributed by atoms with Crippen LogP contribution in [0.1, 0.15) is 23.8 Å². The van der Waals surface area contributed by atoms with E-state index < -0.39 is 5.91 Å². The molecule has 0 aliphatic carbocycles. The molecule has 0 unspecified atom stereocenters. The summed E-state index contributed by atoms with van der Waals surface area (Å²) < 4.78 is 12.0. The number of hydrogen-bond acceptors (Lipinski definition) is 5. The van der Waals surface area contributed by atoms with Gasteiger partial charge in [0.1, 0.15) is 5.82 Å². The maximum absolute atomic E-state index is 12.7. The summed E-state index contributed by atoms with van der Waals surface area (Å²) in [6.07, 6.45) is 0.313. The van der Waals surface area contributed by atoms with Crippen molar-refractivity contribution >= 4 is 23.3 Å². The van der Waals surface area contributed by atoms with E-state index in [2.05, 4.69) is 15.7 Å². The van der Waals surface area contributed by atoms with Gasteiger partial charge in [0.25, 0.3) is 5.91 Å². The molecular formula is C21H22N4O4. The monoisotopic (exact) mass is 394 g/mol. The third kappa shape index (κ3) is 4.55. The van der Waals surface area contributed by atoms with Gasteiger partial charge in [-0.3, -0.25) is 9.59 Å². The predicted molar refractivity (Wildman–Crippen MR) is 110 cm³/mol. The molecule has 3 aromatic rings. The minimum absolute atomic E-state index is 0.162. The number of ether oxygens (including phenoxy) is 2. The van der Waals surface area contributed by atoms with Crippen LogP contribution >= 0.6 is 0 Å². The van der Waals surface area contributed by atoms with E-state index in [4.69, 9.17) is 9.47 Å². The van der Waals surface area contributed by atoms with Gasteiger partial charge in [-0.05, 0) is 24.3 Å². The van der Waals surface area contributed by atoms with E-state index in [0.717, 1.165) is 5.69 Å². The molecule has 2 N–H and O–H groups in total. The summed E-state index contributed by atoms with van der Waals surface area (Å²) in [6.45, 7) is 1.75. The molecule has 1 aromatic heterocycles. The van der Waals surface area contributed by atoms with Crippen molar-refractivity contribution in [2.45, 2.75) is 13.3 Å². The van der Waals surface area contributed by atoms with Gasteiger partial charge in [-0.25, -0.2) is 4.68 Å². The molecule has 0 aliphatic rings. The van der Waals surface area contributed by atoms with Crippen LogP contribution in [0, 0.1) is 0 Å².